The first kappa shape index (κ1) is 13.7. The zero-order valence-corrected chi connectivity index (χ0v) is 8.97. The van der Waals surface area contributed by atoms with Gasteiger partial charge in [0.2, 0.25) is 0 Å². The van der Waals surface area contributed by atoms with Crippen molar-refractivity contribution < 1.29 is 18.3 Å². The maximum absolute atomic E-state index is 12.2. The van der Waals surface area contributed by atoms with Gasteiger partial charge in [-0.05, 0) is 27.7 Å². The second kappa shape index (κ2) is 4.98. The van der Waals surface area contributed by atoms with Gasteiger partial charge in [-0.1, -0.05) is 0 Å². The Kier molecular flexibility index (Phi) is 4.88. The molecule has 0 aliphatic rings. The molecule has 5 heteroatoms. The highest BCUT2D eigenvalue weighted by Gasteiger charge is 2.34. The molecule has 1 N–H and O–H groups in total. The molecule has 0 saturated carbocycles. The summed E-state index contributed by atoms with van der Waals surface area (Å²) in [4.78, 5) is 1.24. The standard InChI is InChI=1S/C9H18F3NO/c1-6(2)13(5-9(10,11)12)7(3)8(4)14/h6-8,14H,5H2,1-4H3. The molecule has 0 heterocycles. The summed E-state index contributed by atoms with van der Waals surface area (Å²) >= 11 is 0. The van der Waals surface area contributed by atoms with Crippen LogP contribution in [0.25, 0.3) is 0 Å². The van der Waals surface area contributed by atoms with Crippen molar-refractivity contribution in [1.82, 2.24) is 4.90 Å². The van der Waals surface area contributed by atoms with Crippen LogP contribution in [0.15, 0.2) is 0 Å². The Morgan fingerprint density at radius 1 is 1.14 bits per heavy atom. The molecule has 0 aliphatic heterocycles. The van der Waals surface area contributed by atoms with Crippen LogP contribution in [0.3, 0.4) is 0 Å². The van der Waals surface area contributed by atoms with Gasteiger partial charge in [0, 0.05) is 12.1 Å². The quantitative estimate of drug-likeness (QED) is 0.772. The van der Waals surface area contributed by atoms with Crippen molar-refractivity contribution >= 4 is 0 Å². The molecule has 0 aromatic carbocycles. The largest absolute Gasteiger partial charge is 0.401 e. The van der Waals surface area contributed by atoms with E-state index in [1.165, 1.54) is 11.8 Å². The summed E-state index contributed by atoms with van der Waals surface area (Å²) in [6.07, 6.45) is -4.98. The van der Waals surface area contributed by atoms with Crippen LogP contribution < -0.4 is 0 Å². The molecule has 2 nitrogen and oxygen atoms in total. The molecule has 0 aromatic rings. The van der Waals surface area contributed by atoms with Gasteiger partial charge in [0.1, 0.15) is 0 Å². The normalized spacial score (nSPS) is 17.6. The number of halogens is 3. The minimum absolute atomic E-state index is 0.235. The number of aliphatic hydroxyl groups excluding tert-OH is 1. The second-order valence-electron chi connectivity index (χ2n) is 3.86. The minimum atomic E-state index is -4.21. The minimum Gasteiger partial charge on any atom is -0.392 e. The summed E-state index contributed by atoms with van der Waals surface area (Å²) in [5.74, 6) is 0. The molecule has 0 amide bonds. The summed E-state index contributed by atoms with van der Waals surface area (Å²) in [6, 6.07) is -0.724. The van der Waals surface area contributed by atoms with Gasteiger partial charge in [0.25, 0.3) is 0 Å². The summed E-state index contributed by atoms with van der Waals surface area (Å²) in [7, 11) is 0. The Morgan fingerprint density at radius 2 is 1.57 bits per heavy atom. The first-order valence-corrected chi connectivity index (χ1v) is 4.65. The highest BCUT2D eigenvalue weighted by Crippen LogP contribution is 2.20. The van der Waals surface area contributed by atoms with Crippen LogP contribution in [0.5, 0.6) is 0 Å². The number of rotatable bonds is 4. The zero-order chi connectivity index (χ0) is 11.5. The highest BCUT2D eigenvalue weighted by molar-refractivity contribution is 4.77. The Hall–Kier alpha value is -0.290. The van der Waals surface area contributed by atoms with Crippen LogP contribution in [-0.4, -0.2) is 40.9 Å². The van der Waals surface area contributed by atoms with E-state index in [0.717, 1.165) is 0 Å². The maximum Gasteiger partial charge on any atom is 0.401 e. The fourth-order valence-corrected chi connectivity index (χ4v) is 1.28. The van der Waals surface area contributed by atoms with E-state index in [4.69, 9.17) is 0 Å². The third kappa shape index (κ3) is 4.81. The molecule has 14 heavy (non-hydrogen) atoms. The molecular weight excluding hydrogens is 195 g/mol. The van der Waals surface area contributed by atoms with Gasteiger partial charge in [-0.2, -0.15) is 13.2 Å². The molecule has 0 rings (SSSR count). The molecule has 0 bridgehead atoms. The highest BCUT2D eigenvalue weighted by atomic mass is 19.4. The van der Waals surface area contributed by atoms with Gasteiger partial charge in [0.05, 0.1) is 12.6 Å². The van der Waals surface area contributed by atoms with Crippen molar-refractivity contribution in [2.45, 2.75) is 52.1 Å². The lowest BCUT2D eigenvalue weighted by Crippen LogP contribution is -2.48. The summed E-state index contributed by atoms with van der Waals surface area (Å²) in [6.45, 7) is 5.48. The molecule has 0 fully saturated rings. The molecule has 0 radical (unpaired) electrons. The first-order chi connectivity index (χ1) is 6.15. The first-order valence-electron chi connectivity index (χ1n) is 4.65. The number of hydrogen-bond donors (Lipinski definition) is 1. The van der Waals surface area contributed by atoms with E-state index in [1.807, 2.05) is 0 Å². The zero-order valence-electron chi connectivity index (χ0n) is 8.97. The van der Waals surface area contributed by atoms with Gasteiger partial charge < -0.3 is 5.11 Å². The van der Waals surface area contributed by atoms with Crippen LogP contribution in [0.2, 0.25) is 0 Å². The number of nitrogens with zero attached hydrogens (tertiary/aromatic N) is 1. The SMILES string of the molecule is CC(O)C(C)N(CC(F)(F)F)C(C)C. The van der Waals surface area contributed by atoms with Crippen LogP contribution >= 0.6 is 0 Å². The van der Waals surface area contributed by atoms with Crippen molar-refractivity contribution in [3.63, 3.8) is 0 Å². The predicted octanol–water partition coefficient (Wildman–Crippen LogP) is 2.03. The molecule has 0 aliphatic carbocycles. The topological polar surface area (TPSA) is 23.5 Å². The molecular formula is C9H18F3NO. The second-order valence-corrected chi connectivity index (χ2v) is 3.86. The number of alkyl halides is 3. The van der Waals surface area contributed by atoms with Crippen molar-refractivity contribution in [1.29, 1.82) is 0 Å². The van der Waals surface area contributed by atoms with Crippen molar-refractivity contribution in [2.24, 2.45) is 0 Å². The predicted molar refractivity (Wildman–Crippen MR) is 49.0 cm³/mol. The van der Waals surface area contributed by atoms with Gasteiger partial charge >= 0.3 is 6.18 Å². The van der Waals surface area contributed by atoms with E-state index in [2.05, 4.69) is 0 Å². The third-order valence-corrected chi connectivity index (χ3v) is 2.25. The summed E-state index contributed by atoms with van der Waals surface area (Å²) < 4.78 is 36.5. The lowest BCUT2D eigenvalue weighted by Gasteiger charge is -2.34. The van der Waals surface area contributed by atoms with E-state index >= 15 is 0 Å². The summed E-state index contributed by atoms with van der Waals surface area (Å²) in [5, 5.41) is 9.23. The van der Waals surface area contributed by atoms with Crippen LogP contribution in [-0.2, 0) is 0 Å². The fraction of sp³-hybridized carbons (Fsp3) is 1.00. The number of hydrogen-bond acceptors (Lipinski definition) is 2. The monoisotopic (exact) mass is 213 g/mol. The molecule has 0 spiro atoms. The van der Waals surface area contributed by atoms with Crippen molar-refractivity contribution in [3.05, 3.63) is 0 Å². The lowest BCUT2D eigenvalue weighted by atomic mass is 10.1. The lowest BCUT2D eigenvalue weighted by molar-refractivity contribution is -0.158. The van der Waals surface area contributed by atoms with E-state index < -0.39 is 24.9 Å². The van der Waals surface area contributed by atoms with E-state index in [9.17, 15) is 18.3 Å². The van der Waals surface area contributed by atoms with Crippen LogP contribution in [0, 0.1) is 0 Å². The van der Waals surface area contributed by atoms with Gasteiger partial charge in [-0.25, -0.2) is 0 Å². The van der Waals surface area contributed by atoms with E-state index in [1.54, 1.807) is 20.8 Å². The van der Waals surface area contributed by atoms with E-state index in [0.29, 0.717) is 0 Å². The average Bonchev–Trinajstić information content (AvgIpc) is 1.96. The van der Waals surface area contributed by atoms with Gasteiger partial charge in [-0.3, -0.25) is 4.90 Å². The van der Waals surface area contributed by atoms with Gasteiger partial charge in [0.15, 0.2) is 0 Å². The molecule has 86 valence electrons. The smallest absolute Gasteiger partial charge is 0.392 e. The van der Waals surface area contributed by atoms with E-state index in [-0.39, 0.29) is 6.04 Å². The molecule has 2 unspecified atom stereocenters. The fourth-order valence-electron chi connectivity index (χ4n) is 1.28. The molecule has 0 saturated heterocycles. The number of aliphatic hydroxyl groups is 1. The Balaban J connectivity index is 4.45. The molecule has 2 atom stereocenters. The maximum atomic E-state index is 12.2. The summed E-state index contributed by atoms with van der Waals surface area (Å²) in [5.41, 5.74) is 0. The molecule has 0 aromatic heterocycles. The van der Waals surface area contributed by atoms with Crippen molar-refractivity contribution in [3.8, 4) is 0 Å². The Labute approximate surface area is 82.7 Å². The Bertz CT molecular complexity index is 168. The van der Waals surface area contributed by atoms with Crippen LogP contribution in [0.1, 0.15) is 27.7 Å². The Morgan fingerprint density at radius 3 is 1.79 bits per heavy atom. The van der Waals surface area contributed by atoms with Crippen LogP contribution in [0.4, 0.5) is 13.2 Å². The third-order valence-electron chi connectivity index (χ3n) is 2.25. The van der Waals surface area contributed by atoms with Crippen molar-refractivity contribution in [2.75, 3.05) is 6.54 Å². The average molecular weight is 213 g/mol. The van der Waals surface area contributed by atoms with Gasteiger partial charge in [-0.15, -0.1) is 0 Å².